The average molecular weight is 374 g/mol. The number of carbonyl (C=O) groups is 3. The van der Waals surface area contributed by atoms with Gasteiger partial charge in [0.2, 0.25) is 0 Å². The van der Waals surface area contributed by atoms with Crippen molar-refractivity contribution >= 4 is 28.2 Å². The molecular formula is C13H18N4O7S. The van der Waals surface area contributed by atoms with Gasteiger partial charge in [0, 0.05) is 12.5 Å². The van der Waals surface area contributed by atoms with Gasteiger partial charge in [-0.3, -0.25) is 14.1 Å². The van der Waals surface area contributed by atoms with Crippen molar-refractivity contribution in [2.45, 2.75) is 45.2 Å². The number of nitrogens with zero attached hydrogens (tertiary/aromatic N) is 4. The van der Waals surface area contributed by atoms with E-state index >= 15 is 0 Å². The predicted molar refractivity (Wildman–Crippen MR) is 80.1 cm³/mol. The highest BCUT2D eigenvalue weighted by Gasteiger charge is 2.51. The van der Waals surface area contributed by atoms with E-state index in [1.807, 2.05) is 13.8 Å². The van der Waals surface area contributed by atoms with Crippen molar-refractivity contribution in [1.29, 1.82) is 0 Å². The van der Waals surface area contributed by atoms with Crippen LogP contribution in [0, 0.1) is 11.3 Å². The Morgan fingerprint density at radius 2 is 1.84 bits per heavy atom. The molecule has 1 N–H and O–H groups in total. The maximum absolute atomic E-state index is 12.2. The van der Waals surface area contributed by atoms with Crippen molar-refractivity contribution in [2.75, 3.05) is 6.54 Å². The minimum Gasteiger partial charge on any atom is -0.308 e. The minimum absolute atomic E-state index is 0.0594. The average Bonchev–Trinajstić information content (AvgIpc) is 3.10. The molecule has 1 aliphatic carbocycles. The minimum atomic E-state index is -4.85. The van der Waals surface area contributed by atoms with Crippen LogP contribution in [0.3, 0.4) is 0 Å². The van der Waals surface area contributed by atoms with E-state index < -0.39 is 40.3 Å². The van der Waals surface area contributed by atoms with Crippen LogP contribution in [0.25, 0.3) is 0 Å². The highest BCUT2D eigenvalue weighted by molar-refractivity contribution is 7.80. The molecule has 3 atom stereocenters. The van der Waals surface area contributed by atoms with Crippen LogP contribution in [-0.4, -0.2) is 59.4 Å². The van der Waals surface area contributed by atoms with Crippen molar-refractivity contribution in [1.82, 2.24) is 9.96 Å². The summed E-state index contributed by atoms with van der Waals surface area (Å²) in [5.41, 5.74) is -0.129. The zero-order valence-corrected chi connectivity index (χ0v) is 14.5. The Morgan fingerprint density at radius 3 is 2.40 bits per heavy atom. The summed E-state index contributed by atoms with van der Waals surface area (Å²) in [7, 11) is -4.85. The monoisotopic (exact) mass is 374 g/mol. The first-order valence-corrected chi connectivity index (χ1v) is 9.12. The SMILES string of the molecule is CC1(C)CC1C(=O)N=NC(=O)[C@@H]1CC[C@H]2CN1C(=O)N2OS(=O)(=O)O. The number of fused-ring (bicyclic) bond motifs is 2. The molecule has 138 valence electrons. The summed E-state index contributed by atoms with van der Waals surface area (Å²) in [4.78, 5) is 37.3. The van der Waals surface area contributed by atoms with Crippen LogP contribution in [0.15, 0.2) is 10.2 Å². The highest BCUT2D eigenvalue weighted by atomic mass is 32.3. The standard InChI is InChI=1S/C13H18N4O7S/c1-13(2)5-8(13)10(18)14-15-11(19)9-4-3-7-6-16(9)12(20)17(7)24-25(21,22)23/h7-9H,3-6H2,1-2H3,(H,21,22,23)/t7-,8?,9-/m0/s1. The third-order valence-corrected chi connectivity index (χ3v) is 5.19. The van der Waals surface area contributed by atoms with Gasteiger partial charge in [0.15, 0.2) is 0 Å². The molecule has 25 heavy (non-hydrogen) atoms. The molecule has 1 saturated carbocycles. The van der Waals surface area contributed by atoms with Gasteiger partial charge in [0.05, 0.1) is 6.04 Å². The molecule has 11 nitrogen and oxygen atoms in total. The van der Waals surface area contributed by atoms with Crippen LogP contribution < -0.4 is 0 Å². The van der Waals surface area contributed by atoms with E-state index in [-0.39, 0.29) is 30.7 Å². The fourth-order valence-corrected chi connectivity index (χ4v) is 3.60. The van der Waals surface area contributed by atoms with Gasteiger partial charge in [-0.25, -0.2) is 4.79 Å². The largest absolute Gasteiger partial charge is 0.418 e. The predicted octanol–water partition coefficient (Wildman–Crippen LogP) is 0.541. The molecule has 0 aromatic heterocycles. The van der Waals surface area contributed by atoms with Gasteiger partial charge in [-0.05, 0) is 24.7 Å². The lowest BCUT2D eigenvalue weighted by atomic mass is 10.0. The van der Waals surface area contributed by atoms with Gasteiger partial charge in [0.1, 0.15) is 6.04 Å². The first-order valence-electron chi connectivity index (χ1n) is 7.76. The van der Waals surface area contributed by atoms with Gasteiger partial charge in [-0.1, -0.05) is 13.8 Å². The Morgan fingerprint density at radius 1 is 1.24 bits per heavy atom. The van der Waals surface area contributed by atoms with Gasteiger partial charge >= 0.3 is 16.4 Å². The number of hydrogen-bond acceptors (Lipinski definition) is 6. The van der Waals surface area contributed by atoms with Crippen LogP contribution in [-0.2, 0) is 24.3 Å². The lowest BCUT2D eigenvalue weighted by molar-refractivity contribution is -0.125. The number of amides is 4. The van der Waals surface area contributed by atoms with E-state index in [2.05, 4.69) is 14.5 Å². The number of rotatable bonds is 4. The quantitative estimate of drug-likeness (QED) is 0.558. The van der Waals surface area contributed by atoms with E-state index in [9.17, 15) is 22.8 Å². The molecule has 3 rings (SSSR count). The topological polar surface area (TPSA) is 146 Å². The normalized spacial score (nSPS) is 30.8. The second-order valence-corrected chi connectivity index (χ2v) is 8.14. The fraction of sp³-hybridized carbons (Fsp3) is 0.769. The molecule has 2 saturated heterocycles. The molecule has 4 amide bonds. The summed E-state index contributed by atoms with van der Waals surface area (Å²) in [6.45, 7) is 3.89. The Hall–Kier alpha value is -1.92. The van der Waals surface area contributed by atoms with E-state index in [0.717, 1.165) is 4.90 Å². The molecule has 12 heteroatoms. The summed E-state index contributed by atoms with van der Waals surface area (Å²) in [5.74, 6) is -1.45. The molecular weight excluding hydrogens is 356 g/mol. The van der Waals surface area contributed by atoms with Crippen molar-refractivity contribution in [3.63, 3.8) is 0 Å². The number of carbonyl (C=O) groups excluding carboxylic acids is 3. The zero-order valence-electron chi connectivity index (χ0n) is 13.7. The molecule has 0 aromatic rings. The van der Waals surface area contributed by atoms with Crippen molar-refractivity contribution in [3.8, 4) is 0 Å². The molecule has 2 heterocycles. The van der Waals surface area contributed by atoms with Crippen molar-refractivity contribution < 1.29 is 31.6 Å². The van der Waals surface area contributed by atoms with Crippen LogP contribution in [0.5, 0.6) is 0 Å². The maximum Gasteiger partial charge on any atom is 0.418 e. The first-order chi connectivity index (χ1) is 11.5. The Bertz CT molecular complexity index is 762. The Balaban J connectivity index is 1.65. The molecule has 0 spiro atoms. The van der Waals surface area contributed by atoms with Gasteiger partial charge < -0.3 is 4.90 Å². The maximum atomic E-state index is 12.2. The van der Waals surface area contributed by atoms with E-state index in [1.165, 1.54) is 0 Å². The molecule has 0 aromatic carbocycles. The smallest absolute Gasteiger partial charge is 0.308 e. The molecule has 1 unspecified atom stereocenters. The van der Waals surface area contributed by atoms with Crippen LogP contribution in [0.2, 0.25) is 0 Å². The summed E-state index contributed by atoms with van der Waals surface area (Å²) >= 11 is 0. The third kappa shape index (κ3) is 3.55. The van der Waals surface area contributed by atoms with Crippen molar-refractivity contribution in [3.05, 3.63) is 0 Å². The number of piperidine rings is 1. The van der Waals surface area contributed by atoms with Crippen molar-refractivity contribution in [2.24, 2.45) is 21.6 Å². The van der Waals surface area contributed by atoms with Crippen LogP contribution in [0.4, 0.5) is 4.79 Å². The second kappa shape index (κ2) is 5.81. The van der Waals surface area contributed by atoms with Crippen LogP contribution >= 0.6 is 0 Å². The first kappa shape index (κ1) is 17.9. The number of hydrogen-bond donors (Lipinski definition) is 1. The van der Waals surface area contributed by atoms with E-state index in [0.29, 0.717) is 11.5 Å². The lowest BCUT2D eigenvalue weighted by Crippen LogP contribution is -2.44. The summed E-state index contributed by atoms with van der Waals surface area (Å²) in [6.07, 6.45) is 1.20. The van der Waals surface area contributed by atoms with Gasteiger partial charge in [0.25, 0.3) is 11.8 Å². The molecule has 3 fully saturated rings. The summed E-state index contributed by atoms with van der Waals surface area (Å²) in [6, 6.07) is -2.39. The summed E-state index contributed by atoms with van der Waals surface area (Å²) < 4.78 is 34.6. The van der Waals surface area contributed by atoms with Gasteiger partial charge in [-0.15, -0.1) is 14.5 Å². The summed E-state index contributed by atoms with van der Waals surface area (Å²) in [5, 5.41) is 7.44. The zero-order chi connectivity index (χ0) is 18.6. The third-order valence-electron chi connectivity index (χ3n) is 4.84. The Kier molecular flexibility index (Phi) is 4.16. The fourth-order valence-electron chi connectivity index (χ4n) is 3.21. The molecule has 2 aliphatic heterocycles. The van der Waals surface area contributed by atoms with E-state index in [4.69, 9.17) is 4.55 Å². The number of azo groups is 1. The van der Waals surface area contributed by atoms with E-state index in [1.54, 1.807) is 0 Å². The van der Waals surface area contributed by atoms with Gasteiger partial charge in [-0.2, -0.15) is 13.5 Å². The number of urea groups is 1. The number of hydroxylamine groups is 2. The lowest BCUT2D eigenvalue weighted by Gasteiger charge is -2.27. The second-order valence-electron chi connectivity index (χ2n) is 7.13. The molecule has 0 radical (unpaired) electrons. The molecule has 2 bridgehead atoms. The molecule has 3 aliphatic rings. The Labute approximate surface area is 143 Å². The van der Waals surface area contributed by atoms with Crippen LogP contribution in [0.1, 0.15) is 33.1 Å². The highest BCUT2D eigenvalue weighted by Crippen LogP contribution is 2.52.